The van der Waals surface area contributed by atoms with Gasteiger partial charge in [0.25, 0.3) is 0 Å². The lowest BCUT2D eigenvalue weighted by Gasteiger charge is -2.16. The molecule has 7 rings (SSSR count). The summed E-state index contributed by atoms with van der Waals surface area (Å²) in [4.78, 5) is 42.4. The Kier molecular flexibility index (Phi) is 6.00. The molecular weight excluding hydrogens is 554 g/mol. The number of nitrogens with one attached hydrogen (secondary N) is 1. The molecule has 1 aliphatic carbocycles. The van der Waals surface area contributed by atoms with Gasteiger partial charge in [-0.3, -0.25) is 0 Å². The number of esters is 1. The summed E-state index contributed by atoms with van der Waals surface area (Å²) in [7, 11) is 1.43. The maximum absolute atomic E-state index is 13.1. The summed E-state index contributed by atoms with van der Waals surface area (Å²) >= 11 is 0. The molecule has 4 aromatic heterocycles. The van der Waals surface area contributed by atoms with Crippen LogP contribution >= 0.6 is 0 Å². The summed E-state index contributed by atoms with van der Waals surface area (Å²) in [6, 6.07) is 10.7. The number of aromatic hydroxyl groups is 1. The Morgan fingerprint density at radius 3 is 2.74 bits per heavy atom. The van der Waals surface area contributed by atoms with Gasteiger partial charge in [-0.1, -0.05) is 19.1 Å². The number of carbonyl (C=O) groups is 1. The topological polar surface area (TPSA) is 167 Å². The zero-order valence-electron chi connectivity index (χ0n) is 23.6. The standard InChI is InChI=1S/C29H27N9O5/c1-15(2)19-11-20(22(39)12-23(19)43-27(40)24-26-32-34-35(3)29(42)37(26)14-30-24)25-31-33-28(41)38(25)18-6-7-21-17(10-18)8-9-36(21)13-16-4-5-16/h6-12,14-16,39H,4-5,13H2,1-3H3,(H,33,41). The van der Waals surface area contributed by atoms with Crippen LogP contribution in [0.2, 0.25) is 0 Å². The number of ether oxygens (including phenoxy) is 1. The van der Waals surface area contributed by atoms with Crippen LogP contribution in [0, 0.1) is 5.92 Å². The first-order chi connectivity index (χ1) is 20.7. The van der Waals surface area contributed by atoms with Crippen molar-refractivity contribution in [2.24, 2.45) is 13.0 Å². The number of H-pyrrole nitrogens is 1. The number of rotatable bonds is 7. The van der Waals surface area contributed by atoms with Crippen LogP contribution in [0.25, 0.3) is 33.6 Å². The number of benzene rings is 2. The number of phenols is 1. The molecule has 2 N–H and O–H groups in total. The molecule has 43 heavy (non-hydrogen) atoms. The Balaban J connectivity index is 1.26. The molecule has 2 aromatic carbocycles. The first-order valence-corrected chi connectivity index (χ1v) is 13.8. The SMILES string of the molecule is CC(C)c1cc(-c2n[nH]c(=O)n2-c2ccc3c(ccn3CC3CC3)c2)c(O)cc1OC(=O)c1ncn2c(=O)n(C)nnc12. The second kappa shape index (κ2) is 9.79. The van der Waals surface area contributed by atoms with Crippen molar-refractivity contribution >= 4 is 22.5 Å². The van der Waals surface area contributed by atoms with Gasteiger partial charge in [0.15, 0.2) is 17.2 Å². The molecule has 0 bridgehead atoms. The lowest BCUT2D eigenvalue weighted by molar-refractivity contribution is 0.0729. The van der Waals surface area contributed by atoms with Gasteiger partial charge in [-0.15, -0.1) is 5.10 Å². The van der Waals surface area contributed by atoms with Gasteiger partial charge in [-0.25, -0.2) is 33.4 Å². The van der Waals surface area contributed by atoms with E-state index in [2.05, 4.69) is 36.3 Å². The van der Waals surface area contributed by atoms with Crippen LogP contribution in [0.15, 0.2) is 58.5 Å². The van der Waals surface area contributed by atoms with E-state index in [1.165, 1.54) is 36.9 Å². The second-order valence-electron chi connectivity index (χ2n) is 11.1. The number of imidazole rings is 1. The van der Waals surface area contributed by atoms with Crippen molar-refractivity contribution in [1.29, 1.82) is 0 Å². The number of fused-ring (bicyclic) bond motifs is 2. The molecule has 0 saturated heterocycles. The minimum atomic E-state index is -0.877. The van der Waals surface area contributed by atoms with Crippen LogP contribution in [0.3, 0.4) is 0 Å². The highest BCUT2D eigenvalue weighted by atomic mass is 16.5. The number of aromatic nitrogens is 9. The molecule has 1 saturated carbocycles. The monoisotopic (exact) mass is 581 g/mol. The molecule has 0 spiro atoms. The van der Waals surface area contributed by atoms with Gasteiger partial charge in [0.1, 0.15) is 17.8 Å². The van der Waals surface area contributed by atoms with Gasteiger partial charge in [0.05, 0.1) is 11.3 Å². The van der Waals surface area contributed by atoms with E-state index >= 15 is 0 Å². The number of hydrogen-bond acceptors (Lipinski definition) is 9. The number of hydrogen-bond donors (Lipinski definition) is 2. The largest absolute Gasteiger partial charge is 0.507 e. The molecule has 1 fully saturated rings. The zero-order chi connectivity index (χ0) is 30.0. The van der Waals surface area contributed by atoms with Crippen molar-refractivity contribution in [1.82, 2.24) is 43.7 Å². The molecule has 1 aliphatic rings. The van der Waals surface area contributed by atoms with Crippen LogP contribution in [0.1, 0.15) is 48.7 Å². The molecular formula is C29H27N9O5. The molecule has 14 nitrogen and oxygen atoms in total. The fourth-order valence-electron chi connectivity index (χ4n) is 5.26. The van der Waals surface area contributed by atoms with Crippen molar-refractivity contribution in [2.75, 3.05) is 0 Å². The molecule has 0 aliphatic heterocycles. The number of aromatic amines is 1. The summed E-state index contributed by atoms with van der Waals surface area (Å²) in [5.74, 6) is -0.284. The third-order valence-corrected chi connectivity index (χ3v) is 7.72. The van der Waals surface area contributed by atoms with E-state index in [1.54, 1.807) is 6.07 Å². The summed E-state index contributed by atoms with van der Waals surface area (Å²) in [6.45, 7) is 4.77. The average Bonchev–Trinajstić information content (AvgIpc) is 3.35. The molecule has 218 valence electrons. The minimum absolute atomic E-state index is 0.0552. The Labute approximate surface area is 242 Å². The Morgan fingerprint density at radius 2 is 1.98 bits per heavy atom. The van der Waals surface area contributed by atoms with Crippen molar-refractivity contribution < 1.29 is 14.6 Å². The molecule has 6 aromatic rings. The number of phenolic OH excluding ortho intramolecular Hbond substituents is 1. The summed E-state index contributed by atoms with van der Waals surface area (Å²) in [6.07, 6.45) is 5.73. The van der Waals surface area contributed by atoms with Crippen molar-refractivity contribution in [2.45, 2.75) is 39.2 Å². The van der Waals surface area contributed by atoms with Gasteiger partial charge in [0.2, 0.25) is 0 Å². The van der Waals surface area contributed by atoms with Gasteiger partial charge in [0, 0.05) is 36.8 Å². The summed E-state index contributed by atoms with van der Waals surface area (Å²) in [5, 5.41) is 26.4. The zero-order valence-corrected chi connectivity index (χ0v) is 23.6. The Bertz CT molecular complexity index is 2180. The fraction of sp³-hybridized carbons (Fsp3) is 0.276. The molecule has 14 heteroatoms. The quantitative estimate of drug-likeness (QED) is 0.213. The van der Waals surface area contributed by atoms with Gasteiger partial charge >= 0.3 is 17.3 Å². The maximum atomic E-state index is 13.1. The second-order valence-corrected chi connectivity index (χ2v) is 11.1. The predicted octanol–water partition coefficient (Wildman–Crippen LogP) is 2.78. The van der Waals surface area contributed by atoms with E-state index in [9.17, 15) is 19.5 Å². The van der Waals surface area contributed by atoms with Crippen LogP contribution in [0.4, 0.5) is 0 Å². The highest BCUT2D eigenvalue weighted by molar-refractivity contribution is 5.95. The van der Waals surface area contributed by atoms with E-state index in [0.717, 1.165) is 32.4 Å². The van der Waals surface area contributed by atoms with E-state index in [0.29, 0.717) is 11.3 Å². The molecule has 0 atom stereocenters. The first kappa shape index (κ1) is 26.4. The average molecular weight is 582 g/mol. The van der Waals surface area contributed by atoms with Crippen LogP contribution in [-0.4, -0.2) is 54.8 Å². The molecule has 4 heterocycles. The molecule has 0 amide bonds. The van der Waals surface area contributed by atoms with Crippen LogP contribution < -0.4 is 16.1 Å². The third kappa shape index (κ3) is 4.47. The van der Waals surface area contributed by atoms with E-state index in [4.69, 9.17) is 4.74 Å². The van der Waals surface area contributed by atoms with Gasteiger partial charge < -0.3 is 14.4 Å². The van der Waals surface area contributed by atoms with Crippen molar-refractivity contribution in [3.63, 3.8) is 0 Å². The molecule has 0 radical (unpaired) electrons. The molecule has 0 unspecified atom stereocenters. The van der Waals surface area contributed by atoms with Crippen molar-refractivity contribution in [3.8, 4) is 28.6 Å². The fourth-order valence-corrected chi connectivity index (χ4v) is 5.26. The maximum Gasteiger partial charge on any atom is 0.366 e. The Hall–Kier alpha value is -5.53. The minimum Gasteiger partial charge on any atom is -0.507 e. The van der Waals surface area contributed by atoms with E-state index in [1.807, 2.05) is 38.1 Å². The van der Waals surface area contributed by atoms with Gasteiger partial charge in [-0.05, 0) is 60.6 Å². The van der Waals surface area contributed by atoms with E-state index in [-0.39, 0.29) is 40.1 Å². The lowest BCUT2D eigenvalue weighted by Crippen LogP contribution is -2.27. The first-order valence-electron chi connectivity index (χ1n) is 13.8. The van der Waals surface area contributed by atoms with Crippen LogP contribution in [0.5, 0.6) is 11.5 Å². The van der Waals surface area contributed by atoms with Crippen LogP contribution in [-0.2, 0) is 13.6 Å². The summed E-state index contributed by atoms with van der Waals surface area (Å²) < 4.78 is 11.4. The Morgan fingerprint density at radius 1 is 1.16 bits per heavy atom. The summed E-state index contributed by atoms with van der Waals surface area (Å²) in [5.41, 5.74) is 1.27. The normalized spacial score (nSPS) is 13.4. The smallest absolute Gasteiger partial charge is 0.366 e. The lowest BCUT2D eigenvalue weighted by atomic mass is 9.98. The predicted molar refractivity (Wildman–Crippen MR) is 155 cm³/mol. The van der Waals surface area contributed by atoms with E-state index < -0.39 is 17.3 Å². The number of nitrogens with zero attached hydrogens (tertiary/aromatic N) is 8. The highest BCUT2D eigenvalue weighted by Gasteiger charge is 2.25. The number of carbonyl (C=O) groups excluding carboxylic acids is 1. The van der Waals surface area contributed by atoms with Crippen molar-refractivity contribution in [3.05, 3.63) is 81.1 Å². The third-order valence-electron chi connectivity index (χ3n) is 7.72. The van der Waals surface area contributed by atoms with Gasteiger partial charge in [-0.2, -0.15) is 9.78 Å². The highest BCUT2D eigenvalue weighted by Crippen LogP contribution is 2.39. The number of aryl methyl sites for hydroxylation is 1.